The van der Waals surface area contributed by atoms with Gasteiger partial charge in [0.15, 0.2) is 5.84 Å². The summed E-state index contributed by atoms with van der Waals surface area (Å²) in [7, 11) is -3.70. The van der Waals surface area contributed by atoms with Gasteiger partial charge < -0.3 is 10.9 Å². The first-order valence-electron chi connectivity index (χ1n) is 5.53. The average Bonchev–Trinajstić information content (AvgIpc) is 2.34. The highest BCUT2D eigenvalue weighted by atomic mass is 79.9. The standard InChI is InChI=1S/C11H16BrN3O3S/c1-8(2)15(7-11(13)14-16)19(17,18)10-5-3-4-9(12)6-10/h3-6,8,16H,7H2,1-2H3,(H2,13,14). The van der Waals surface area contributed by atoms with E-state index in [0.29, 0.717) is 4.47 Å². The van der Waals surface area contributed by atoms with Crippen LogP contribution in [0.25, 0.3) is 0 Å². The Hall–Kier alpha value is -1.12. The van der Waals surface area contributed by atoms with Crippen molar-refractivity contribution in [3.63, 3.8) is 0 Å². The molecule has 0 aliphatic rings. The summed E-state index contributed by atoms with van der Waals surface area (Å²) in [6.45, 7) is 3.28. The molecule has 0 radical (unpaired) electrons. The molecule has 0 amide bonds. The maximum Gasteiger partial charge on any atom is 0.243 e. The lowest BCUT2D eigenvalue weighted by molar-refractivity contribution is 0.312. The van der Waals surface area contributed by atoms with Crippen molar-refractivity contribution >= 4 is 31.8 Å². The van der Waals surface area contributed by atoms with Crippen LogP contribution in [0.4, 0.5) is 0 Å². The summed E-state index contributed by atoms with van der Waals surface area (Å²) in [6.07, 6.45) is 0. The second kappa shape index (κ2) is 6.36. The number of nitrogens with two attached hydrogens (primary N) is 1. The van der Waals surface area contributed by atoms with Gasteiger partial charge in [0.1, 0.15) is 0 Å². The summed E-state index contributed by atoms with van der Waals surface area (Å²) in [6, 6.07) is 6.07. The largest absolute Gasteiger partial charge is 0.409 e. The van der Waals surface area contributed by atoms with Crippen LogP contribution in [-0.4, -0.2) is 36.4 Å². The Labute approximate surface area is 121 Å². The van der Waals surface area contributed by atoms with Crippen LogP contribution in [0.3, 0.4) is 0 Å². The molecule has 8 heteroatoms. The number of hydrogen-bond acceptors (Lipinski definition) is 4. The minimum absolute atomic E-state index is 0.154. The van der Waals surface area contributed by atoms with Crippen LogP contribution in [0, 0.1) is 0 Å². The fourth-order valence-corrected chi connectivity index (χ4v) is 3.70. The van der Waals surface area contributed by atoms with Crippen LogP contribution in [-0.2, 0) is 10.0 Å². The zero-order chi connectivity index (χ0) is 14.6. The van der Waals surface area contributed by atoms with E-state index in [2.05, 4.69) is 21.1 Å². The third-order valence-electron chi connectivity index (χ3n) is 2.42. The van der Waals surface area contributed by atoms with Gasteiger partial charge in [-0.3, -0.25) is 0 Å². The summed E-state index contributed by atoms with van der Waals surface area (Å²) in [5.41, 5.74) is 5.40. The second-order valence-electron chi connectivity index (χ2n) is 4.19. The van der Waals surface area contributed by atoms with Gasteiger partial charge in [-0.15, -0.1) is 0 Å². The summed E-state index contributed by atoms with van der Waals surface area (Å²) in [5.74, 6) is -0.160. The van der Waals surface area contributed by atoms with Crippen LogP contribution in [0.2, 0.25) is 0 Å². The van der Waals surface area contributed by atoms with Gasteiger partial charge in [-0.05, 0) is 32.0 Å². The first-order valence-corrected chi connectivity index (χ1v) is 7.76. The predicted molar refractivity (Wildman–Crippen MR) is 76.6 cm³/mol. The van der Waals surface area contributed by atoms with E-state index in [1.165, 1.54) is 16.4 Å². The molecule has 0 fully saturated rings. The van der Waals surface area contributed by atoms with E-state index in [9.17, 15) is 8.42 Å². The minimum Gasteiger partial charge on any atom is -0.409 e. The molecule has 0 bridgehead atoms. The molecule has 1 rings (SSSR count). The molecule has 0 aromatic heterocycles. The number of benzene rings is 1. The number of sulfonamides is 1. The molecular formula is C11H16BrN3O3S. The Balaban J connectivity index is 3.21. The van der Waals surface area contributed by atoms with Crippen molar-refractivity contribution in [3.8, 4) is 0 Å². The summed E-state index contributed by atoms with van der Waals surface area (Å²) in [5, 5.41) is 11.4. The van der Waals surface area contributed by atoms with Gasteiger partial charge in [0.25, 0.3) is 0 Å². The van der Waals surface area contributed by atoms with E-state index in [1.54, 1.807) is 26.0 Å². The van der Waals surface area contributed by atoms with Crippen LogP contribution in [0.5, 0.6) is 0 Å². The maximum atomic E-state index is 12.5. The molecule has 1 aromatic rings. The van der Waals surface area contributed by atoms with Gasteiger partial charge in [0.05, 0.1) is 11.4 Å². The summed E-state index contributed by atoms with van der Waals surface area (Å²) >= 11 is 3.23. The molecule has 0 heterocycles. The Morgan fingerprint density at radius 1 is 1.53 bits per heavy atom. The van der Waals surface area contributed by atoms with Crippen molar-refractivity contribution in [2.75, 3.05) is 6.54 Å². The third kappa shape index (κ3) is 3.92. The molecule has 0 spiro atoms. The summed E-state index contributed by atoms with van der Waals surface area (Å²) in [4.78, 5) is 0.154. The fraction of sp³-hybridized carbons (Fsp3) is 0.364. The van der Waals surface area contributed by atoms with Crippen molar-refractivity contribution in [1.29, 1.82) is 0 Å². The molecule has 6 nitrogen and oxygen atoms in total. The third-order valence-corrected chi connectivity index (χ3v) is 4.94. The monoisotopic (exact) mass is 349 g/mol. The molecule has 1 aromatic carbocycles. The van der Waals surface area contributed by atoms with E-state index < -0.39 is 10.0 Å². The van der Waals surface area contributed by atoms with Gasteiger partial charge in [-0.1, -0.05) is 27.2 Å². The zero-order valence-electron chi connectivity index (χ0n) is 10.6. The number of amidine groups is 1. The maximum absolute atomic E-state index is 12.5. The van der Waals surface area contributed by atoms with E-state index >= 15 is 0 Å². The molecule has 19 heavy (non-hydrogen) atoms. The summed E-state index contributed by atoms with van der Waals surface area (Å²) < 4.78 is 26.8. The van der Waals surface area contributed by atoms with Crippen LogP contribution < -0.4 is 5.73 Å². The highest BCUT2D eigenvalue weighted by Gasteiger charge is 2.28. The van der Waals surface area contributed by atoms with Gasteiger partial charge in [-0.2, -0.15) is 4.31 Å². The number of nitrogens with zero attached hydrogens (tertiary/aromatic N) is 2. The first kappa shape index (κ1) is 15.9. The van der Waals surface area contributed by atoms with E-state index in [1.807, 2.05) is 0 Å². The van der Waals surface area contributed by atoms with E-state index in [4.69, 9.17) is 10.9 Å². The zero-order valence-corrected chi connectivity index (χ0v) is 13.0. The molecule has 0 saturated carbocycles. The van der Waals surface area contributed by atoms with Crippen LogP contribution in [0.15, 0.2) is 38.8 Å². The first-order chi connectivity index (χ1) is 8.78. The Bertz CT molecular complexity index is 572. The second-order valence-corrected chi connectivity index (χ2v) is 7.00. The molecule has 0 aliphatic heterocycles. The highest BCUT2D eigenvalue weighted by molar-refractivity contribution is 9.10. The van der Waals surface area contributed by atoms with Crippen molar-refractivity contribution in [3.05, 3.63) is 28.7 Å². The molecular weight excluding hydrogens is 334 g/mol. The van der Waals surface area contributed by atoms with Crippen molar-refractivity contribution in [2.24, 2.45) is 10.9 Å². The smallest absolute Gasteiger partial charge is 0.243 e. The normalized spacial score (nSPS) is 13.2. The Morgan fingerprint density at radius 3 is 2.63 bits per heavy atom. The lowest BCUT2D eigenvalue weighted by Gasteiger charge is -2.25. The highest BCUT2D eigenvalue weighted by Crippen LogP contribution is 2.21. The molecule has 0 saturated heterocycles. The topological polar surface area (TPSA) is 96.0 Å². The number of halogens is 1. The van der Waals surface area contributed by atoms with E-state index in [0.717, 1.165) is 0 Å². The average molecular weight is 350 g/mol. The molecule has 0 unspecified atom stereocenters. The quantitative estimate of drug-likeness (QED) is 0.365. The number of oxime groups is 1. The van der Waals surface area contributed by atoms with E-state index in [-0.39, 0.29) is 23.3 Å². The van der Waals surface area contributed by atoms with Crippen LogP contribution >= 0.6 is 15.9 Å². The predicted octanol–water partition coefficient (Wildman–Crippen LogP) is 1.59. The van der Waals surface area contributed by atoms with Crippen molar-refractivity contribution < 1.29 is 13.6 Å². The SMILES string of the molecule is CC(C)N(CC(N)=NO)S(=O)(=O)c1cccc(Br)c1. The lowest BCUT2D eigenvalue weighted by atomic mass is 10.4. The van der Waals surface area contributed by atoms with Gasteiger partial charge >= 0.3 is 0 Å². The molecule has 0 aliphatic carbocycles. The molecule has 0 atom stereocenters. The van der Waals surface area contributed by atoms with Gasteiger partial charge in [0.2, 0.25) is 10.0 Å². The van der Waals surface area contributed by atoms with Gasteiger partial charge in [0, 0.05) is 10.5 Å². The molecule has 3 N–H and O–H groups in total. The number of hydrogen-bond donors (Lipinski definition) is 2. The molecule has 106 valence electrons. The Morgan fingerprint density at radius 2 is 2.16 bits per heavy atom. The fourth-order valence-electron chi connectivity index (χ4n) is 1.50. The number of rotatable bonds is 5. The van der Waals surface area contributed by atoms with Crippen molar-refractivity contribution in [2.45, 2.75) is 24.8 Å². The lowest BCUT2D eigenvalue weighted by Crippen LogP contribution is -2.42. The van der Waals surface area contributed by atoms with Crippen LogP contribution in [0.1, 0.15) is 13.8 Å². The minimum atomic E-state index is -3.70. The van der Waals surface area contributed by atoms with Gasteiger partial charge in [-0.25, -0.2) is 8.42 Å². The Kier molecular flexibility index (Phi) is 5.33. The van der Waals surface area contributed by atoms with Crippen molar-refractivity contribution in [1.82, 2.24) is 4.31 Å².